The molecule has 90 valence electrons. The van der Waals surface area contributed by atoms with E-state index in [0.717, 1.165) is 15.6 Å². The van der Waals surface area contributed by atoms with Gasteiger partial charge < -0.3 is 4.74 Å². The third-order valence-electron chi connectivity index (χ3n) is 2.13. The van der Waals surface area contributed by atoms with Gasteiger partial charge in [-0.25, -0.2) is 8.42 Å². The molecule has 0 radical (unpaired) electrons. The monoisotopic (exact) mass is 306 g/mol. The van der Waals surface area contributed by atoms with Crippen LogP contribution in [0.25, 0.3) is 0 Å². The zero-order chi connectivity index (χ0) is 12.3. The summed E-state index contributed by atoms with van der Waals surface area (Å²) in [6, 6.07) is 3.78. The van der Waals surface area contributed by atoms with Crippen LogP contribution in [-0.2, 0) is 9.84 Å². The van der Waals surface area contributed by atoms with Gasteiger partial charge in [0.15, 0.2) is 9.84 Å². The van der Waals surface area contributed by atoms with Gasteiger partial charge in [0.1, 0.15) is 12.4 Å². The highest BCUT2D eigenvalue weighted by atomic mass is 79.9. The summed E-state index contributed by atoms with van der Waals surface area (Å²) in [5.41, 5.74) is 2.16. The number of sulfone groups is 1. The fraction of sp³-hybridized carbons (Fsp3) is 0.455. The Morgan fingerprint density at radius 2 is 1.75 bits per heavy atom. The molecule has 1 aromatic rings. The Labute approximate surface area is 105 Å². The number of aryl methyl sites for hydroxylation is 2. The van der Waals surface area contributed by atoms with Crippen LogP contribution in [0, 0.1) is 13.8 Å². The molecule has 0 aliphatic heterocycles. The molecule has 0 N–H and O–H groups in total. The van der Waals surface area contributed by atoms with Crippen molar-refractivity contribution in [1.82, 2.24) is 0 Å². The highest BCUT2D eigenvalue weighted by Crippen LogP contribution is 2.26. The molecule has 5 heteroatoms. The number of halogens is 1. The number of rotatable bonds is 4. The molecule has 0 atom stereocenters. The Bertz CT molecular complexity index is 457. The van der Waals surface area contributed by atoms with Gasteiger partial charge >= 0.3 is 0 Å². The first-order valence-electron chi connectivity index (χ1n) is 4.87. The van der Waals surface area contributed by atoms with Gasteiger partial charge in [-0.05, 0) is 37.1 Å². The van der Waals surface area contributed by atoms with Crippen molar-refractivity contribution < 1.29 is 13.2 Å². The molecule has 0 fully saturated rings. The maximum atomic E-state index is 10.9. The van der Waals surface area contributed by atoms with Crippen LogP contribution in [0.3, 0.4) is 0 Å². The molecule has 0 unspecified atom stereocenters. The normalized spacial score (nSPS) is 11.5. The summed E-state index contributed by atoms with van der Waals surface area (Å²) in [6.07, 6.45) is 1.20. The van der Waals surface area contributed by atoms with E-state index < -0.39 is 9.84 Å². The summed E-state index contributed by atoms with van der Waals surface area (Å²) in [5.74, 6) is 0.753. The number of ether oxygens (including phenoxy) is 1. The highest BCUT2D eigenvalue weighted by molar-refractivity contribution is 9.10. The molecule has 0 aliphatic carbocycles. The highest BCUT2D eigenvalue weighted by Gasteiger charge is 2.05. The zero-order valence-electron chi connectivity index (χ0n) is 9.58. The first-order valence-corrected chi connectivity index (χ1v) is 7.72. The molecular formula is C11H15BrO3S. The summed E-state index contributed by atoms with van der Waals surface area (Å²) in [6.45, 7) is 4.14. The van der Waals surface area contributed by atoms with Crippen LogP contribution < -0.4 is 4.74 Å². The molecule has 16 heavy (non-hydrogen) atoms. The van der Waals surface area contributed by atoms with Crippen LogP contribution >= 0.6 is 15.9 Å². The van der Waals surface area contributed by atoms with Crippen LogP contribution in [0.4, 0.5) is 0 Å². The smallest absolute Gasteiger partial charge is 0.150 e. The predicted octanol–water partition coefficient (Wildman–Crippen LogP) is 2.49. The molecule has 0 aromatic heterocycles. The number of hydrogen-bond donors (Lipinski definition) is 0. The van der Waals surface area contributed by atoms with E-state index in [4.69, 9.17) is 4.74 Å². The van der Waals surface area contributed by atoms with E-state index >= 15 is 0 Å². The van der Waals surface area contributed by atoms with Crippen molar-refractivity contribution in [2.75, 3.05) is 18.6 Å². The Hall–Kier alpha value is -0.550. The molecule has 3 nitrogen and oxygen atoms in total. The molecule has 1 rings (SSSR count). The van der Waals surface area contributed by atoms with Gasteiger partial charge in [-0.3, -0.25) is 0 Å². The standard InChI is InChI=1S/C11H15BrO3S/c1-8-6-10(7-9(2)11(8)12)15-4-5-16(3,13)14/h6-7H,4-5H2,1-3H3. The van der Waals surface area contributed by atoms with Crippen molar-refractivity contribution in [3.8, 4) is 5.75 Å². The average Bonchev–Trinajstić information content (AvgIpc) is 2.12. The van der Waals surface area contributed by atoms with E-state index in [0.29, 0.717) is 5.75 Å². The molecule has 0 aliphatic rings. The molecule has 0 heterocycles. The van der Waals surface area contributed by atoms with E-state index in [9.17, 15) is 8.42 Å². The third-order valence-corrected chi connectivity index (χ3v) is 4.29. The Kier molecular flexibility index (Phi) is 4.38. The first kappa shape index (κ1) is 13.5. The van der Waals surface area contributed by atoms with E-state index in [2.05, 4.69) is 15.9 Å². The second-order valence-electron chi connectivity index (χ2n) is 3.85. The van der Waals surface area contributed by atoms with Crippen molar-refractivity contribution in [3.63, 3.8) is 0 Å². The van der Waals surface area contributed by atoms with Crippen LogP contribution in [0.5, 0.6) is 5.75 Å². The minimum atomic E-state index is -2.96. The second kappa shape index (κ2) is 5.19. The lowest BCUT2D eigenvalue weighted by atomic mass is 10.1. The average molecular weight is 307 g/mol. The third kappa shape index (κ3) is 4.14. The lowest BCUT2D eigenvalue weighted by molar-refractivity contribution is 0.340. The Balaban J connectivity index is 2.69. The van der Waals surface area contributed by atoms with Crippen molar-refractivity contribution in [1.29, 1.82) is 0 Å². The fourth-order valence-electron chi connectivity index (χ4n) is 1.30. The van der Waals surface area contributed by atoms with Crippen molar-refractivity contribution >= 4 is 25.8 Å². The SMILES string of the molecule is Cc1cc(OCCS(C)(=O)=O)cc(C)c1Br. The zero-order valence-corrected chi connectivity index (χ0v) is 12.0. The quantitative estimate of drug-likeness (QED) is 0.858. The summed E-state index contributed by atoms with van der Waals surface area (Å²) < 4.78 is 28.3. The number of hydrogen-bond acceptors (Lipinski definition) is 3. The van der Waals surface area contributed by atoms with Gasteiger partial charge in [-0.15, -0.1) is 0 Å². The molecule has 0 saturated heterocycles. The van der Waals surface area contributed by atoms with E-state index in [1.807, 2.05) is 26.0 Å². The van der Waals surface area contributed by atoms with E-state index in [-0.39, 0.29) is 12.4 Å². The first-order chi connectivity index (χ1) is 7.29. The fourth-order valence-corrected chi connectivity index (χ4v) is 1.92. The molecule has 0 bridgehead atoms. The van der Waals surface area contributed by atoms with E-state index in [1.165, 1.54) is 6.26 Å². The lowest BCUT2D eigenvalue weighted by Gasteiger charge is -2.09. The second-order valence-corrected chi connectivity index (χ2v) is 6.90. The molecular weight excluding hydrogens is 292 g/mol. The lowest BCUT2D eigenvalue weighted by Crippen LogP contribution is -2.12. The van der Waals surface area contributed by atoms with Crippen molar-refractivity contribution in [2.45, 2.75) is 13.8 Å². The summed E-state index contributed by atoms with van der Waals surface area (Å²) in [4.78, 5) is 0. The Morgan fingerprint density at radius 3 is 2.19 bits per heavy atom. The van der Waals surface area contributed by atoms with Gasteiger partial charge in [0.05, 0.1) is 5.75 Å². The predicted molar refractivity (Wildman–Crippen MR) is 68.8 cm³/mol. The van der Waals surface area contributed by atoms with Crippen molar-refractivity contribution in [2.24, 2.45) is 0 Å². The maximum Gasteiger partial charge on any atom is 0.150 e. The van der Waals surface area contributed by atoms with Gasteiger partial charge in [0.25, 0.3) is 0 Å². The minimum Gasteiger partial charge on any atom is -0.493 e. The van der Waals surface area contributed by atoms with Gasteiger partial charge in [0.2, 0.25) is 0 Å². The summed E-state index contributed by atoms with van der Waals surface area (Å²) >= 11 is 3.46. The van der Waals surface area contributed by atoms with Crippen LogP contribution in [-0.4, -0.2) is 27.0 Å². The maximum absolute atomic E-state index is 10.9. The Morgan fingerprint density at radius 1 is 1.25 bits per heavy atom. The van der Waals surface area contributed by atoms with Gasteiger partial charge in [-0.2, -0.15) is 0 Å². The van der Waals surface area contributed by atoms with Gasteiger partial charge in [-0.1, -0.05) is 15.9 Å². The van der Waals surface area contributed by atoms with Crippen molar-refractivity contribution in [3.05, 3.63) is 27.7 Å². The summed E-state index contributed by atoms with van der Waals surface area (Å²) in [5, 5.41) is 0. The minimum absolute atomic E-state index is 0.0428. The van der Waals surface area contributed by atoms with Crippen LogP contribution in [0.2, 0.25) is 0 Å². The van der Waals surface area contributed by atoms with Crippen LogP contribution in [0.15, 0.2) is 16.6 Å². The topological polar surface area (TPSA) is 43.4 Å². The molecule has 0 saturated carbocycles. The summed E-state index contributed by atoms with van der Waals surface area (Å²) in [7, 11) is -2.96. The van der Waals surface area contributed by atoms with E-state index in [1.54, 1.807) is 0 Å². The van der Waals surface area contributed by atoms with Crippen LogP contribution in [0.1, 0.15) is 11.1 Å². The molecule has 0 spiro atoms. The molecule has 1 aromatic carbocycles. The van der Waals surface area contributed by atoms with Gasteiger partial charge in [0, 0.05) is 10.7 Å². The largest absolute Gasteiger partial charge is 0.493 e. The number of benzene rings is 1. The molecule has 0 amide bonds.